The number of rotatable bonds is 3. The maximum absolute atomic E-state index is 14.1. The maximum atomic E-state index is 14.1. The molecular formula is C27H33F2N5O3. The van der Waals surface area contributed by atoms with E-state index in [0.717, 1.165) is 35.7 Å². The number of piperazine rings is 1. The van der Waals surface area contributed by atoms with Gasteiger partial charge in [-0.2, -0.15) is 0 Å². The van der Waals surface area contributed by atoms with Crippen LogP contribution in [0.1, 0.15) is 52.0 Å². The fraction of sp³-hybridized carbons (Fsp3) is 0.519. The van der Waals surface area contributed by atoms with Gasteiger partial charge >= 0.3 is 6.09 Å². The Morgan fingerprint density at radius 3 is 2.43 bits per heavy atom. The number of hydrogen-bond acceptors (Lipinski definition) is 6. The van der Waals surface area contributed by atoms with E-state index in [1.165, 1.54) is 18.5 Å². The van der Waals surface area contributed by atoms with E-state index in [1.807, 2.05) is 27.0 Å². The zero-order valence-corrected chi connectivity index (χ0v) is 21.7. The van der Waals surface area contributed by atoms with Gasteiger partial charge in [0.2, 0.25) is 0 Å². The second-order valence-corrected chi connectivity index (χ2v) is 10.8. The Kier molecular flexibility index (Phi) is 6.78. The number of benzene rings is 1. The predicted molar refractivity (Wildman–Crippen MR) is 136 cm³/mol. The molecule has 8 nitrogen and oxygen atoms in total. The number of halogens is 2. The van der Waals surface area contributed by atoms with Crippen LogP contribution in [0.4, 0.5) is 19.4 Å². The Balaban J connectivity index is 1.55. The number of hydrogen-bond donors (Lipinski definition) is 0. The second kappa shape index (κ2) is 9.89. The molecule has 1 atom stereocenters. The topological polar surface area (TPSA) is 72.7 Å². The van der Waals surface area contributed by atoms with E-state index in [4.69, 9.17) is 14.5 Å². The first kappa shape index (κ1) is 25.4. The third-order valence-electron chi connectivity index (χ3n) is 6.93. The average Bonchev–Trinajstić information content (AvgIpc) is 3.23. The second-order valence-electron chi connectivity index (χ2n) is 10.8. The standard InChI is InChI=1S/C27H33F2N5O3/c1-17-14-32(26(35)37-27(2,3)4)7-8-33(17)24-23-22(18-5-9-36-10-6-18)15-34(25(23)31-16-30-24)21-12-19(28)11-20(29)13-21/h11-13,15-18H,5-10,14H2,1-4H3/t17-/m0/s1. The number of amides is 1. The number of carbonyl (C=O) groups excluding carboxylic acids is 1. The van der Waals surface area contributed by atoms with Gasteiger partial charge in [-0.05, 0) is 64.2 Å². The van der Waals surface area contributed by atoms with E-state index in [1.54, 1.807) is 9.47 Å². The zero-order valence-electron chi connectivity index (χ0n) is 21.7. The average molecular weight is 514 g/mol. The molecule has 2 aliphatic rings. The fourth-order valence-corrected chi connectivity index (χ4v) is 5.25. The van der Waals surface area contributed by atoms with Gasteiger partial charge in [0.25, 0.3) is 0 Å². The minimum atomic E-state index is -0.648. The summed E-state index contributed by atoms with van der Waals surface area (Å²) >= 11 is 0. The lowest BCUT2D eigenvalue weighted by Gasteiger charge is -2.41. The highest BCUT2D eigenvalue weighted by molar-refractivity contribution is 5.93. The highest BCUT2D eigenvalue weighted by atomic mass is 19.1. The monoisotopic (exact) mass is 513 g/mol. The van der Waals surface area contributed by atoms with Crippen molar-refractivity contribution < 1.29 is 23.0 Å². The third-order valence-corrected chi connectivity index (χ3v) is 6.93. The summed E-state index contributed by atoms with van der Waals surface area (Å²) in [5, 5.41) is 0.872. The smallest absolute Gasteiger partial charge is 0.410 e. The third kappa shape index (κ3) is 5.25. The zero-order chi connectivity index (χ0) is 26.3. The van der Waals surface area contributed by atoms with E-state index in [-0.39, 0.29) is 18.1 Å². The minimum absolute atomic E-state index is 0.0307. The van der Waals surface area contributed by atoms with E-state index in [2.05, 4.69) is 16.8 Å². The van der Waals surface area contributed by atoms with Gasteiger partial charge < -0.3 is 23.8 Å². The van der Waals surface area contributed by atoms with Crippen molar-refractivity contribution >= 4 is 22.9 Å². The van der Waals surface area contributed by atoms with Gasteiger partial charge in [-0.3, -0.25) is 0 Å². The van der Waals surface area contributed by atoms with Gasteiger partial charge in [0.05, 0.1) is 11.1 Å². The number of anilines is 1. The highest BCUT2D eigenvalue weighted by Gasteiger charge is 2.33. The van der Waals surface area contributed by atoms with Crippen LogP contribution in [-0.4, -0.2) is 70.0 Å². The number of carbonyl (C=O) groups is 1. The van der Waals surface area contributed by atoms with E-state index in [9.17, 15) is 13.6 Å². The Morgan fingerprint density at radius 2 is 1.78 bits per heavy atom. The largest absolute Gasteiger partial charge is 0.444 e. The molecule has 0 unspecified atom stereocenters. The Morgan fingerprint density at radius 1 is 1.08 bits per heavy atom. The number of ether oxygens (including phenoxy) is 2. The molecule has 198 valence electrons. The molecule has 0 saturated carbocycles. The summed E-state index contributed by atoms with van der Waals surface area (Å²) in [7, 11) is 0. The Hall–Kier alpha value is -3.27. The first-order valence-electron chi connectivity index (χ1n) is 12.8. The summed E-state index contributed by atoms with van der Waals surface area (Å²) < 4.78 is 41.2. The van der Waals surface area contributed by atoms with Crippen molar-refractivity contribution in [1.82, 2.24) is 19.4 Å². The molecule has 2 fully saturated rings. The molecule has 0 spiro atoms. The van der Waals surface area contributed by atoms with Crippen LogP contribution in [0.5, 0.6) is 0 Å². The molecule has 2 saturated heterocycles. The summed E-state index contributed by atoms with van der Waals surface area (Å²) in [5.41, 5.74) is 1.45. The van der Waals surface area contributed by atoms with Crippen molar-refractivity contribution in [3.05, 3.63) is 47.9 Å². The van der Waals surface area contributed by atoms with Gasteiger partial charge in [0, 0.05) is 51.2 Å². The molecule has 37 heavy (non-hydrogen) atoms. The summed E-state index contributed by atoms with van der Waals surface area (Å²) in [6.45, 7) is 10.5. The molecule has 2 aromatic heterocycles. The van der Waals surface area contributed by atoms with Crippen molar-refractivity contribution in [3.63, 3.8) is 0 Å². The van der Waals surface area contributed by atoms with Crippen molar-refractivity contribution in [1.29, 1.82) is 0 Å². The van der Waals surface area contributed by atoms with Crippen molar-refractivity contribution in [3.8, 4) is 5.69 Å². The fourth-order valence-electron chi connectivity index (χ4n) is 5.25. The van der Waals surface area contributed by atoms with E-state index >= 15 is 0 Å². The van der Waals surface area contributed by atoms with Gasteiger partial charge in [-0.1, -0.05) is 0 Å². The van der Waals surface area contributed by atoms with Crippen LogP contribution >= 0.6 is 0 Å². The molecular weight excluding hydrogens is 480 g/mol. The van der Waals surface area contributed by atoms with Crippen LogP contribution in [0.2, 0.25) is 0 Å². The molecule has 0 radical (unpaired) electrons. The number of nitrogens with zero attached hydrogens (tertiary/aromatic N) is 5. The van der Waals surface area contributed by atoms with Crippen LogP contribution in [-0.2, 0) is 9.47 Å². The summed E-state index contributed by atoms with van der Waals surface area (Å²) in [6.07, 6.45) is 4.79. The molecule has 1 aromatic carbocycles. The van der Waals surface area contributed by atoms with Crippen molar-refractivity contribution in [2.75, 3.05) is 37.7 Å². The van der Waals surface area contributed by atoms with Crippen LogP contribution in [0.3, 0.4) is 0 Å². The lowest BCUT2D eigenvalue weighted by atomic mass is 9.91. The van der Waals surface area contributed by atoms with Gasteiger partial charge in [0.1, 0.15) is 35.0 Å². The molecule has 0 aliphatic carbocycles. The van der Waals surface area contributed by atoms with Gasteiger partial charge in [-0.15, -0.1) is 0 Å². The van der Waals surface area contributed by atoms with Gasteiger partial charge in [-0.25, -0.2) is 23.5 Å². The molecule has 5 rings (SSSR count). The van der Waals surface area contributed by atoms with E-state index < -0.39 is 17.2 Å². The van der Waals surface area contributed by atoms with Crippen LogP contribution in [0, 0.1) is 11.6 Å². The normalized spacial score (nSPS) is 19.5. The quantitative estimate of drug-likeness (QED) is 0.489. The molecule has 1 amide bonds. The van der Waals surface area contributed by atoms with Crippen LogP contribution < -0.4 is 4.90 Å². The summed E-state index contributed by atoms with van der Waals surface area (Å²) in [4.78, 5) is 25.8. The lowest BCUT2D eigenvalue weighted by molar-refractivity contribution is 0.0218. The van der Waals surface area contributed by atoms with Crippen LogP contribution in [0.25, 0.3) is 16.7 Å². The molecule has 0 bridgehead atoms. The van der Waals surface area contributed by atoms with Crippen molar-refractivity contribution in [2.24, 2.45) is 0 Å². The molecule has 10 heteroatoms. The highest BCUT2D eigenvalue weighted by Crippen LogP contribution is 2.39. The summed E-state index contributed by atoms with van der Waals surface area (Å²) in [6, 6.07) is 3.44. The van der Waals surface area contributed by atoms with Crippen molar-refractivity contribution in [2.45, 2.75) is 58.1 Å². The van der Waals surface area contributed by atoms with Gasteiger partial charge in [0.15, 0.2) is 0 Å². The Bertz CT molecular complexity index is 1280. The van der Waals surface area contributed by atoms with E-state index in [0.29, 0.717) is 44.2 Å². The predicted octanol–water partition coefficient (Wildman–Crippen LogP) is 5.04. The molecule has 0 N–H and O–H groups in total. The van der Waals surface area contributed by atoms with Crippen LogP contribution in [0.15, 0.2) is 30.7 Å². The number of aromatic nitrogens is 3. The summed E-state index contributed by atoms with van der Waals surface area (Å²) in [5.74, 6) is -0.325. The number of fused-ring (bicyclic) bond motifs is 1. The SMILES string of the molecule is C[C@H]1CN(C(=O)OC(C)(C)C)CCN1c1ncnc2c1c(C1CCOCC1)cn2-c1cc(F)cc(F)c1. The molecule has 2 aliphatic heterocycles. The first-order valence-corrected chi connectivity index (χ1v) is 12.8. The minimum Gasteiger partial charge on any atom is -0.444 e. The molecule has 4 heterocycles. The maximum Gasteiger partial charge on any atom is 0.410 e. The molecule has 3 aromatic rings. The first-order chi connectivity index (χ1) is 17.6. The Labute approximate surface area is 215 Å². The lowest BCUT2D eigenvalue weighted by Crippen LogP contribution is -2.54.